The first-order valence-electron chi connectivity index (χ1n) is 9.89. The lowest BCUT2D eigenvalue weighted by Crippen LogP contribution is -2.14. The molecule has 156 valence electrons. The zero-order valence-electron chi connectivity index (χ0n) is 17.1. The van der Waals surface area contributed by atoms with Gasteiger partial charge in [-0.1, -0.05) is 6.92 Å². The Morgan fingerprint density at radius 1 is 0.933 bits per heavy atom. The molecule has 30 heavy (non-hydrogen) atoms. The van der Waals surface area contributed by atoms with Crippen molar-refractivity contribution >= 4 is 11.7 Å². The van der Waals surface area contributed by atoms with Gasteiger partial charge in [-0.3, -0.25) is 9.78 Å². The van der Waals surface area contributed by atoms with Gasteiger partial charge in [0.05, 0.1) is 13.2 Å². The quantitative estimate of drug-likeness (QED) is 0.533. The number of hydrogen-bond donors (Lipinski definition) is 1. The van der Waals surface area contributed by atoms with E-state index >= 15 is 0 Å². The Bertz CT molecular complexity index is 964. The molecule has 0 aliphatic carbocycles. The van der Waals surface area contributed by atoms with E-state index in [-0.39, 0.29) is 5.91 Å². The van der Waals surface area contributed by atoms with E-state index in [0.717, 1.165) is 12.0 Å². The Morgan fingerprint density at radius 3 is 2.53 bits per heavy atom. The molecule has 1 aromatic carbocycles. The van der Waals surface area contributed by atoms with E-state index in [1.807, 2.05) is 26.0 Å². The van der Waals surface area contributed by atoms with E-state index in [1.54, 1.807) is 48.9 Å². The summed E-state index contributed by atoms with van der Waals surface area (Å²) in [5, 5.41) is 2.81. The van der Waals surface area contributed by atoms with Gasteiger partial charge in [0.1, 0.15) is 6.61 Å². The molecule has 7 heteroatoms. The zero-order chi connectivity index (χ0) is 21.2. The van der Waals surface area contributed by atoms with Crippen LogP contribution in [-0.4, -0.2) is 29.1 Å². The van der Waals surface area contributed by atoms with E-state index in [0.29, 0.717) is 48.5 Å². The highest BCUT2D eigenvalue weighted by atomic mass is 16.5. The van der Waals surface area contributed by atoms with Crippen LogP contribution >= 0.6 is 0 Å². The second kappa shape index (κ2) is 10.8. The average molecular weight is 407 g/mol. The Balaban J connectivity index is 1.73. The lowest BCUT2D eigenvalue weighted by molar-refractivity contribution is 0.102. The highest BCUT2D eigenvalue weighted by molar-refractivity contribution is 6.04. The zero-order valence-corrected chi connectivity index (χ0v) is 17.1. The normalized spacial score (nSPS) is 10.3. The molecule has 0 radical (unpaired) electrons. The Hall–Kier alpha value is -3.61. The number of pyridine rings is 2. The van der Waals surface area contributed by atoms with Crippen LogP contribution in [0.25, 0.3) is 0 Å². The van der Waals surface area contributed by atoms with Gasteiger partial charge in [0.25, 0.3) is 5.91 Å². The number of rotatable bonds is 10. The minimum absolute atomic E-state index is 0.314. The van der Waals surface area contributed by atoms with Crippen molar-refractivity contribution in [2.24, 2.45) is 0 Å². The summed E-state index contributed by atoms with van der Waals surface area (Å²) in [7, 11) is 0. The number of carbonyl (C=O) groups is 1. The summed E-state index contributed by atoms with van der Waals surface area (Å²) in [6.45, 7) is 5.31. The summed E-state index contributed by atoms with van der Waals surface area (Å²) in [5.41, 5.74) is 1.41. The van der Waals surface area contributed by atoms with E-state index in [9.17, 15) is 4.79 Å². The van der Waals surface area contributed by atoms with Crippen LogP contribution in [0, 0.1) is 0 Å². The molecule has 1 N–H and O–H groups in total. The first-order chi connectivity index (χ1) is 14.7. The monoisotopic (exact) mass is 407 g/mol. The Morgan fingerprint density at radius 2 is 1.77 bits per heavy atom. The third kappa shape index (κ3) is 5.70. The third-order valence-electron chi connectivity index (χ3n) is 4.11. The van der Waals surface area contributed by atoms with Crippen LogP contribution in [-0.2, 0) is 6.61 Å². The van der Waals surface area contributed by atoms with Crippen LogP contribution in [0.2, 0.25) is 0 Å². The molecule has 0 aliphatic heterocycles. The van der Waals surface area contributed by atoms with Gasteiger partial charge in [-0.15, -0.1) is 0 Å². The Kier molecular flexibility index (Phi) is 7.60. The van der Waals surface area contributed by atoms with E-state index in [2.05, 4.69) is 15.3 Å². The first-order valence-corrected chi connectivity index (χ1v) is 9.89. The molecule has 3 aromatic rings. The van der Waals surface area contributed by atoms with Crippen LogP contribution in [0.5, 0.6) is 17.2 Å². The lowest BCUT2D eigenvalue weighted by atomic mass is 10.2. The second-order valence-corrected chi connectivity index (χ2v) is 6.39. The number of hydrogen-bond acceptors (Lipinski definition) is 6. The van der Waals surface area contributed by atoms with Gasteiger partial charge < -0.3 is 19.5 Å². The molecule has 1 amide bonds. The predicted molar refractivity (Wildman–Crippen MR) is 114 cm³/mol. The number of carbonyl (C=O) groups excluding carboxylic acids is 1. The smallest absolute Gasteiger partial charge is 0.257 e. The number of nitrogens with one attached hydrogen (secondary N) is 1. The minimum Gasteiger partial charge on any atom is -0.490 e. The number of benzene rings is 1. The molecule has 0 unspecified atom stereocenters. The van der Waals surface area contributed by atoms with Gasteiger partial charge >= 0.3 is 0 Å². The van der Waals surface area contributed by atoms with Gasteiger partial charge in [-0.05, 0) is 61.4 Å². The van der Waals surface area contributed by atoms with Crippen LogP contribution in [0.15, 0.2) is 61.1 Å². The molecule has 0 saturated heterocycles. The van der Waals surface area contributed by atoms with E-state index in [1.165, 1.54) is 0 Å². The van der Waals surface area contributed by atoms with Crippen molar-refractivity contribution in [1.29, 1.82) is 0 Å². The van der Waals surface area contributed by atoms with Crippen molar-refractivity contribution in [2.45, 2.75) is 26.9 Å². The van der Waals surface area contributed by atoms with Gasteiger partial charge in [0, 0.05) is 24.2 Å². The summed E-state index contributed by atoms with van der Waals surface area (Å²) < 4.78 is 17.2. The number of aromatic nitrogens is 2. The summed E-state index contributed by atoms with van der Waals surface area (Å²) >= 11 is 0. The third-order valence-corrected chi connectivity index (χ3v) is 4.11. The molecule has 2 heterocycles. The van der Waals surface area contributed by atoms with E-state index in [4.69, 9.17) is 14.2 Å². The van der Waals surface area contributed by atoms with Gasteiger partial charge in [0.15, 0.2) is 23.1 Å². The summed E-state index contributed by atoms with van der Waals surface area (Å²) in [4.78, 5) is 21.0. The first kappa shape index (κ1) is 21.1. The van der Waals surface area contributed by atoms with Gasteiger partial charge in [-0.2, -0.15) is 0 Å². The molecule has 0 spiro atoms. The van der Waals surface area contributed by atoms with Crippen LogP contribution in [0.4, 0.5) is 5.82 Å². The van der Waals surface area contributed by atoms with Gasteiger partial charge in [-0.25, -0.2) is 4.98 Å². The summed E-state index contributed by atoms with van der Waals surface area (Å²) in [6, 6.07) is 12.4. The SMILES string of the molecule is CCCOc1ccc(C(=O)Nc2ncccc2OCc2ccncc2)cc1OCC. The topological polar surface area (TPSA) is 82.6 Å². The number of nitrogens with zero attached hydrogens (tertiary/aromatic N) is 2. The molecule has 0 atom stereocenters. The van der Waals surface area contributed by atoms with Crippen molar-refractivity contribution in [3.63, 3.8) is 0 Å². The molecule has 2 aromatic heterocycles. The van der Waals surface area contributed by atoms with Crippen LogP contribution < -0.4 is 19.5 Å². The molecule has 0 saturated carbocycles. The molecule has 0 aliphatic rings. The van der Waals surface area contributed by atoms with Gasteiger partial charge in [0.2, 0.25) is 0 Å². The maximum atomic E-state index is 12.8. The summed E-state index contributed by atoms with van der Waals surface area (Å²) in [6.07, 6.45) is 5.89. The molecule has 0 fully saturated rings. The minimum atomic E-state index is -0.314. The average Bonchev–Trinajstić information content (AvgIpc) is 2.78. The maximum absolute atomic E-state index is 12.8. The Labute approximate surface area is 176 Å². The molecular formula is C23H25N3O4. The van der Waals surface area contributed by atoms with Crippen molar-refractivity contribution in [1.82, 2.24) is 9.97 Å². The van der Waals surface area contributed by atoms with Crippen LogP contribution in [0.3, 0.4) is 0 Å². The summed E-state index contributed by atoms with van der Waals surface area (Å²) in [5.74, 6) is 1.67. The standard InChI is InChI=1S/C23H25N3O4/c1-3-14-29-19-8-7-18(15-21(19)28-4-2)23(27)26-22-20(6-5-11-25-22)30-16-17-9-12-24-13-10-17/h5-13,15H,3-4,14,16H2,1-2H3,(H,25,26,27). The predicted octanol–water partition coefficient (Wildman–Crippen LogP) is 4.50. The second-order valence-electron chi connectivity index (χ2n) is 6.39. The van der Waals surface area contributed by atoms with Crippen molar-refractivity contribution < 1.29 is 19.0 Å². The highest BCUT2D eigenvalue weighted by Gasteiger charge is 2.14. The molecule has 0 bridgehead atoms. The number of anilines is 1. The fourth-order valence-corrected chi connectivity index (χ4v) is 2.67. The largest absolute Gasteiger partial charge is 0.490 e. The van der Waals surface area contributed by atoms with Crippen LogP contribution in [0.1, 0.15) is 36.2 Å². The molecule has 7 nitrogen and oxygen atoms in total. The number of ether oxygens (including phenoxy) is 3. The molecule has 3 rings (SSSR count). The molecular weight excluding hydrogens is 382 g/mol. The maximum Gasteiger partial charge on any atom is 0.257 e. The fourth-order valence-electron chi connectivity index (χ4n) is 2.67. The fraction of sp³-hybridized carbons (Fsp3) is 0.261. The number of amides is 1. The van der Waals surface area contributed by atoms with Crippen molar-refractivity contribution in [3.8, 4) is 17.2 Å². The highest BCUT2D eigenvalue weighted by Crippen LogP contribution is 2.29. The van der Waals surface area contributed by atoms with Crippen molar-refractivity contribution in [3.05, 3.63) is 72.2 Å². The lowest BCUT2D eigenvalue weighted by Gasteiger charge is -2.14. The van der Waals surface area contributed by atoms with E-state index < -0.39 is 0 Å². The van der Waals surface area contributed by atoms with Crippen molar-refractivity contribution in [2.75, 3.05) is 18.5 Å².